The van der Waals surface area contributed by atoms with E-state index in [4.69, 9.17) is 11.6 Å². The smallest absolute Gasteiger partial charge is 0.292 e. The highest BCUT2D eigenvalue weighted by Gasteiger charge is 2.30. The summed E-state index contributed by atoms with van der Waals surface area (Å²) < 4.78 is 0. The highest BCUT2D eigenvalue weighted by atomic mass is 35.5. The summed E-state index contributed by atoms with van der Waals surface area (Å²) >= 11 is 7.26. The zero-order chi connectivity index (χ0) is 20.4. The van der Waals surface area contributed by atoms with Gasteiger partial charge in [0.1, 0.15) is 5.69 Å². The highest BCUT2D eigenvalue weighted by Crippen LogP contribution is 2.32. The number of benzene rings is 2. The maximum atomic E-state index is 12.3. The van der Waals surface area contributed by atoms with Gasteiger partial charge in [-0.1, -0.05) is 35.9 Å². The van der Waals surface area contributed by atoms with Crippen molar-refractivity contribution in [3.63, 3.8) is 0 Å². The van der Waals surface area contributed by atoms with Crippen LogP contribution in [0.25, 0.3) is 6.08 Å². The lowest BCUT2D eigenvalue weighted by Gasteiger charge is -2.36. The van der Waals surface area contributed by atoms with Crippen molar-refractivity contribution < 1.29 is 9.72 Å². The molecule has 0 atom stereocenters. The van der Waals surface area contributed by atoms with Gasteiger partial charge in [0.25, 0.3) is 11.6 Å². The van der Waals surface area contributed by atoms with Crippen LogP contribution in [0.15, 0.2) is 58.4 Å². The largest absolute Gasteiger partial charge is 0.362 e. The summed E-state index contributed by atoms with van der Waals surface area (Å²) in [6.45, 7) is 2.52. The van der Waals surface area contributed by atoms with Crippen LogP contribution in [-0.4, -0.2) is 47.1 Å². The third-order valence-electron chi connectivity index (χ3n) is 4.75. The van der Waals surface area contributed by atoms with Gasteiger partial charge in [0, 0.05) is 37.3 Å². The first-order valence-electron chi connectivity index (χ1n) is 9.03. The molecule has 0 bridgehead atoms. The Kier molecular flexibility index (Phi) is 5.55. The monoisotopic (exact) mass is 428 g/mol. The van der Waals surface area contributed by atoms with Gasteiger partial charge >= 0.3 is 0 Å². The average molecular weight is 429 g/mol. The lowest BCUT2D eigenvalue weighted by atomic mass is 10.2. The molecule has 2 heterocycles. The summed E-state index contributed by atoms with van der Waals surface area (Å²) in [5.74, 6) is -0.249. The minimum absolute atomic E-state index is 0.108. The molecule has 0 aromatic heterocycles. The minimum Gasteiger partial charge on any atom is -0.362 e. The van der Waals surface area contributed by atoms with E-state index in [9.17, 15) is 14.9 Å². The second-order valence-corrected chi connectivity index (χ2v) is 8.03. The van der Waals surface area contributed by atoms with E-state index < -0.39 is 0 Å². The van der Waals surface area contributed by atoms with Crippen molar-refractivity contribution >= 4 is 51.9 Å². The van der Waals surface area contributed by atoms with Crippen LogP contribution >= 0.6 is 23.4 Å². The van der Waals surface area contributed by atoms with Crippen molar-refractivity contribution in [1.29, 1.82) is 0 Å². The van der Waals surface area contributed by atoms with E-state index >= 15 is 0 Å². The van der Waals surface area contributed by atoms with Crippen LogP contribution in [0.5, 0.6) is 0 Å². The lowest BCUT2D eigenvalue weighted by Crippen LogP contribution is -2.48. The van der Waals surface area contributed by atoms with E-state index in [1.807, 2.05) is 23.1 Å². The zero-order valence-corrected chi connectivity index (χ0v) is 16.9. The number of nitrogens with zero attached hydrogens (tertiary/aromatic N) is 4. The van der Waals surface area contributed by atoms with Crippen LogP contribution < -0.4 is 4.90 Å². The van der Waals surface area contributed by atoms with E-state index in [1.54, 1.807) is 30.3 Å². The molecule has 9 heteroatoms. The van der Waals surface area contributed by atoms with Crippen molar-refractivity contribution in [2.45, 2.75) is 0 Å². The number of aliphatic imine (C=N–C) groups is 1. The number of carbonyl (C=O) groups excluding carboxylic acids is 1. The number of hydrogen-bond acceptors (Lipinski definition) is 6. The molecule has 148 valence electrons. The molecule has 0 N–H and O–H groups in total. The van der Waals surface area contributed by atoms with Crippen LogP contribution in [0.4, 0.5) is 11.4 Å². The third-order valence-corrected chi connectivity index (χ3v) is 6.04. The molecule has 0 aliphatic carbocycles. The molecule has 7 nitrogen and oxygen atoms in total. The topological polar surface area (TPSA) is 79.0 Å². The molecule has 0 saturated carbocycles. The molecule has 29 heavy (non-hydrogen) atoms. The first-order valence-corrected chi connectivity index (χ1v) is 10.2. The lowest BCUT2D eigenvalue weighted by molar-refractivity contribution is -0.384. The Labute approximate surface area is 176 Å². The van der Waals surface area contributed by atoms with Crippen molar-refractivity contribution in [3.05, 3.63) is 74.1 Å². The van der Waals surface area contributed by atoms with Crippen LogP contribution in [0, 0.1) is 10.1 Å². The molecule has 1 amide bonds. The van der Waals surface area contributed by atoms with Gasteiger partial charge in [-0.05, 0) is 41.6 Å². The van der Waals surface area contributed by atoms with Gasteiger partial charge in [-0.2, -0.15) is 4.99 Å². The summed E-state index contributed by atoms with van der Waals surface area (Å²) in [5.41, 5.74) is 1.62. The van der Waals surface area contributed by atoms with Gasteiger partial charge in [-0.25, -0.2) is 0 Å². The summed E-state index contributed by atoms with van der Waals surface area (Å²) in [7, 11) is 0. The molecule has 1 fully saturated rings. The molecular formula is C20H17ClN4O3S. The van der Waals surface area contributed by atoms with Gasteiger partial charge < -0.3 is 9.80 Å². The molecule has 2 aromatic rings. The number of piperazine rings is 1. The number of para-hydroxylation sites is 2. The number of halogens is 1. The first kappa shape index (κ1) is 19.5. The van der Waals surface area contributed by atoms with Crippen molar-refractivity contribution in [2.75, 3.05) is 31.1 Å². The predicted octanol–water partition coefficient (Wildman–Crippen LogP) is 4.04. The second-order valence-electron chi connectivity index (χ2n) is 6.58. The third kappa shape index (κ3) is 4.28. The van der Waals surface area contributed by atoms with Crippen LogP contribution in [0.2, 0.25) is 5.02 Å². The first-order chi connectivity index (χ1) is 14.0. The molecule has 1 saturated heterocycles. The van der Waals surface area contributed by atoms with Gasteiger partial charge in [0.2, 0.25) is 0 Å². The van der Waals surface area contributed by atoms with Crippen molar-refractivity contribution in [3.8, 4) is 0 Å². The Morgan fingerprint density at radius 3 is 2.38 bits per heavy atom. The van der Waals surface area contributed by atoms with Gasteiger partial charge in [0.15, 0.2) is 5.17 Å². The van der Waals surface area contributed by atoms with Crippen LogP contribution in [0.3, 0.4) is 0 Å². The number of amidine groups is 1. The van der Waals surface area contributed by atoms with E-state index in [0.717, 1.165) is 5.56 Å². The molecule has 4 rings (SSSR count). The molecule has 2 aromatic carbocycles. The summed E-state index contributed by atoms with van der Waals surface area (Å²) in [6.07, 6.45) is 1.81. The normalized spacial score (nSPS) is 18.3. The number of hydrogen-bond donors (Lipinski definition) is 0. The Bertz CT molecular complexity index is 1010. The van der Waals surface area contributed by atoms with Gasteiger partial charge in [0.05, 0.1) is 9.83 Å². The number of rotatable bonds is 3. The Balaban J connectivity index is 1.42. The predicted molar refractivity (Wildman–Crippen MR) is 116 cm³/mol. The van der Waals surface area contributed by atoms with Crippen LogP contribution in [-0.2, 0) is 4.79 Å². The molecule has 0 radical (unpaired) electrons. The number of carbonyl (C=O) groups is 1. The number of nitro benzene ring substituents is 1. The summed E-state index contributed by atoms with van der Waals surface area (Å²) in [5, 5.41) is 12.6. The summed E-state index contributed by atoms with van der Waals surface area (Å²) in [4.78, 5) is 32.0. The fraction of sp³-hybridized carbons (Fsp3) is 0.200. The number of amides is 1. The van der Waals surface area contributed by atoms with Crippen LogP contribution in [0.1, 0.15) is 5.56 Å². The van der Waals surface area contributed by atoms with Gasteiger partial charge in [-0.3, -0.25) is 14.9 Å². The molecule has 0 spiro atoms. The number of anilines is 1. The number of thioether (sulfide) groups is 1. The molecule has 2 aliphatic heterocycles. The Hall–Kier alpha value is -2.84. The van der Waals surface area contributed by atoms with E-state index in [2.05, 4.69) is 9.89 Å². The fourth-order valence-electron chi connectivity index (χ4n) is 3.27. The van der Waals surface area contributed by atoms with E-state index in [0.29, 0.717) is 47.0 Å². The Morgan fingerprint density at radius 2 is 1.69 bits per heavy atom. The van der Waals surface area contributed by atoms with E-state index in [-0.39, 0.29) is 16.5 Å². The maximum Gasteiger partial charge on any atom is 0.292 e. The van der Waals surface area contributed by atoms with E-state index in [1.165, 1.54) is 17.8 Å². The average Bonchev–Trinajstić information content (AvgIpc) is 3.10. The van der Waals surface area contributed by atoms with Gasteiger partial charge in [-0.15, -0.1) is 0 Å². The maximum absolute atomic E-state index is 12.3. The molecule has 0 unspecified atom stereocenters. The standard InChI is InChI=1S/C20H17ClN4O3S/c21-15-7-5-14(6-8-15)13-18-19(26)22-20(29-18)24-11-9-23(10-12-24)16-3-1-2-4-17(16)25(27)28/h1-8,13H,9-12H2/b18-13+. The Morgan fingerprint density at radius 1 is 1.03 bits per heavy atom. The van der Waals surface area contributed by atoms with Crippen molar-refractivity contribution in [2.24, 2.45) is 4.99 Å². The van der Waals surface area contributed by atoms with Crippen molar-refractivity contribution in [1.82, 2.24) is 4.90 Å². The minimum atomic E-state index is -0.356. The quantitative estimate of drug-likeness (QED) is 0.417. The SMILES string of the molecule is O=C1N=C(N2CCN(c3ccccc3[N+](=O)[O-])CC2)S/C1=C/c1ccc(Cl)cc1. The fourth-order valence-corrected chi connectivity index (χ4v) is 4.36. The number of nitro groups is 1. The summed E-state index contributed by atoms with van der Waals surface area (Å²) in [6, 6.07) is 14.0. The highest BCUT2D eigenvalue weighted by molar-refractivity contribution is 8.18. The molecule has 2 aliphatic rings. The molecular weight excluding hydrogens is 412 g/mol. The zero-order valence-electron chi connectivity index (χ0n) is 15.3. The second kappa shape index (κ2) is 8.26.